The number of hydrogen-bond acceptors (Lipinski definition) is 8. The number of likely N-dealkylation sites (tertiary alicyclic amines) is 1. The molecule has 0 spiro atoms. The summed E-state index contributed by atoms with van der Waals surface area (Å²) in [6, 6.07) is 9.96. The predicted octanol–water partition coefficient (Wildman–Crippen LogP) is 4.46. The third-order valence-corrected chi connectivity index (χ3v) is 10.4. The van der Waals surface area contributed by atoms with Crippen molar-refractivity contribution in [2.45, 2.75) is 58.2 Å². The molecule has 1 aliphatic heterocycles. The van der Waals surface area contributed by atoms with Crippen molar-refractivity contribution in [3.05, 3.63) is 47.3 Å². The van der Waals surface area contributed by atoms with E-state index in [0.717, 1.165) is 60.3 Å². The van der Waals surface area contributed by atoms with Gasteiger partial charge in [-0.25, -0.2) is 14.8 Å². The van der Waals surface area contributed by atoms with Crippen LogP contribution in [0.1, 0.15) is 59.1 Å². The van der Waals surface area contributed by atoms with Crippen LogP contribution in [0, 0.1) is 18.8 Å². The summed E-state index contributed by atoms with van der Waals surface area (Å²) in [5, 5.41) is 5.50. The molecule has 5 aromatic rings. The molecule has 1 saturated heterocycles. The summed E-state index contributed by atoms with van der Waals surface area (Å²) < 4.78 is 17.1. The molecule has 12 nitrogen and oxygen atoms in total. The van der Waals surface area contributed by atoms with Gasteiger partial charge in [0.15, 0.2) is 11.5 Å². The molecule has 1 amide bonds. The second kappa shape index (κ2) is 10.9. The van der Waals surface area contributed by atoms with Gasteiger partial charge in [0.1, 0.15) is 16.9 Å². The average Bonchev–Trinajstić information content (AvgIpc) is 3.25. The normalized spacial score (nSPS) is 20.6. The number of imidazole rings is 1. The van der Waals surface area contributed by atoms with Crippen molar-refractivity contribution in [2.75, 3.05) is 20.3 Å². The van der Waals surface area contributed by atoms with Crippen LogP contribution in [0.25, 0.3) is 44.8 Å². The topological polar surface area (TPSA) is 135 Å². The number of esters is 1. The number of ether oxygens (including phenoxy) is 2. The molecule has 0 radical (unpaired) electrons. The Hall–Kier alpha value is -4.71. The van der Waals surface area contributed by atoms with Gasteiger partial charge in [-0.3, -0.25) is 9.48 Å². The van der Waals surface area contributed by atoms with E-state index in [9.17, 15) is 9.59 Å². The fourth-order valence-corrected chi connectivity index (χ4v) is 7.86. The van der Waals surface area contributed by atoms with E-state index in [2.05, 4.69) is 15.7 Å². The van der Waals surface area contributed by atoms with E-state index < -0.39 is 5.97 Å². The maximum absolute atomic E-state index is 13.8. The minimum absolute atomic E-state index is 0.0208. The summed E-state index contributed by atoms with van der Waals surface area (Å²) in [7, 11) is 5.36. The maximum Gasteiger partial charge on any atom is 0.357 e. The zero-order chi connectivity index (χ0) is 32.7. The number of hydrogen-bond donors (Lipinski definition) is 1. The molecule has 2 aliphatic carbocycles. The molecule has 244 valence electrons. The Balaban J connectivity index is 1.24. The van der Waals surface area contributed by atoms with Gasteiger partial charge in [-0.15, -0.1) is 0 Å². The van der Waals surface area contributed by atoms with Crippen molar-refractivity contribution in [3.8, 4) is 28.5 Å². The Kier molecular flexibility index (Phi) is 6.90. The van der Waals surface area contributed by atoms with Crippen LogP contribution in [-0.4, -0.2) is 78.0 Å². The molecule has 2 unspecified atom stereocenters. The van der Waals surface area contributed by atoms with Crippen LogP contribution < -0.4 is 10.5 Å². The maximum atomic E-state index is 13.8. The second-order valence-corrected chi connectivity index (χ2v) is 13.3. The molecule has 2 N–H and O–H groups in total. The van der Waals surface area contributed by atoms with Crippen LogP contribution in [0.3, 0.4) is 0 Å². The van der Waals surface area contributed by atoms with Crippen molar-refractivity contribution < 1.29 is 19.1 Å². The predicted molar refractivity (Wildman–Crippen MR) is 177 cm³/mol. The van der Waals surface area contributed by atoms with Crippen LogP contribution in [0.2, 0.25) is 0 Å². The SMILES string of the molecule is CCOC(=O)c1c(-c2ccc3cc(-c4nc5cc(C(=O)N6CC7CCC6[C@@H]7N)cc(OC)c5n4C)n(CC4CC4)c3n2)c(C)nn1C. The Morgan fingerprint density at radius 2 is 1.87 bits per heavy atom. The average molecular weight is 637 g/mol. The first kappa shape index (κ1) is 29.7. The fraction of sp³-hybridized carbons (Fsp3) is 0.457. The van der Waals surface area contributed by atoms with Gasteiger partial charge in [0.05, 0.1) is 41.9 Å². The summed E-state index contributed by atoms with van der Waals surface area (Å²) in [6.45, 7) is 5.45. The van der Waals surface area contributed by atoms with E-state index >= 15 is 0 Å². The summed E-state index contributed by atoms with van der Waals surface area (Å²) in [6.07, 6.45) is 4.37. The molecule has 5 heterocycles. The first-order valence-corrected chi connectivity index (χ1v) is 16.5. The number of amides is 1. The molecule has 47 heavy (non-hydrogen) atoms. The van der Waals surface area contributed by atoms with Gasteiger partial charge in [0, 0.05) is 50.2 Å². The molecule has 3 atom stereocenters. The van der Waals surface area contributed by atoms with Crippen molar-refractivity contribution in [1.82, 2.24) is 33.8 Å². The standard InChI is InChI=1S/C35H40N8O4/c1-6-47-35(45)31-28(18(2)39-41(31)4)23-11-9-20-14-26(42(32(20)37-23)16-19-7-8-19)33-38-24-13-22(15-27(46-5)30(24)40(33)3)34(44)43-17-21-10-12-25(43)29(21)36/h9,11,13-15,19,21,25,29H,6-8,10,12,16-17,36H2,1-5H3/t21?,25?,29-/m1/s1. The number of benzene rings is 1. The molecule has 1 aromatic carbocycles. The van der Waals surface area contributed by atoms with E-state index in [4.69, 9.17) is 25.2 Å². The lowest BCUT2D eigenvalue weighted by atomic mass is 10.1. The number of nitrogens with two attached hydrogens (primary N) is 1. The van der Waals surface area contributed by atoms with E-state index in [-0.39, 0.29) is 24.6 Å². The van der Waals surface area contributed by atoms with E-state index in [1.807, 2.05) is 47.7 Å². The zero-order valence-electron chi connectivity index (χ0n) is 27.5. The molecule has 8 rings (SSSR count). The molecule has 2 saturated carbocycles. The van der Waals surface area contributed by atoms with Gasteiger partial charge in [0.2, 0.25) is 0 Å². The number of carbonyl (C=O) groups excluding carboxylic acids is 2. The van der Waals surface area contributed by atoms with Crippen molar-refractivity contribution in [2.24, 2.45) is 31.7 Å². The highest BCUT2D eigenvalue weighted by molar-refractivity contribution is 6.01. The Morgan fingerprint density at radius 3 is 2.55 bits per heavy atom. The molecular formula is C35H40N8O4. The van der Waals surface area contributed by atoms with Gasteiger partial charge in [0.25, 0.3) is 5.91 Å². The van der Waals surface area contributed by atoms with Gasteiger partial charge in [-0.2, -0.15) is 5.10 Å². The van der Waals surface area contributed by atoms with E-state index in [1.54, 1.807) is 25.8 Å². The largest absolute Gasteiger partial charge is 0.494 e. The van der Waals surface area contributed by atoms with Gasteiger partial charge < -0.3 is 29.2 Å². The lowest BCUT2D eigenvalue weighted by molar-refractivity contribution is 0.0514. The summed E-state index contributed by atoms with van der Waals surface area (Å²) in [5.74, 6) is 1.85. The number of rotatable bonds is 8. The monoisotopic (exact) mass is 636 g/mol. The van der Waals surface area contributed by atoms with Crippen LogP contribution in [0.15, 0.2) is 30.3 Å². The number of nitrogens with zero attached hydrogens (tertiary/aromatic N) is 7. The third kappa shape index (κ3) is 4.63. The van der Waals surface area contributed by atoms with E-state index in [0.29, 0.717) is 57.9 Å². The summed E-state index contributed by atoms with van der Waals surface area (Å²) in [5.41, 5.74) is 12.7. The molecule has 2 bridgehead atoms. The van der Waals surface area contributed by atoms with E-state index in [1.165, 1.54) is 0 Å². The third-order valence-electron chi connectivity index (χ3n) is 10.4. The Bertz CT molecular complexity index is 2090. The molecule has 3 fully saturated rings. The summed E-state index contributed by atoms with van der Waals surface area (Å²) in [4.78, 5) is 38.9. The van der Waals surface area contributed by atoms with Gasteiger partial charge >= 0.3 is 5.97 Å². The van der Waals surface area contributed by atoms with Crippen molar-refractivity contribution in [3.63, 3.8) is 0 Å². The van der Waals surface area contributed by atoms with Crippen LogP contribution in [-0.2, 0) is 25.4 Å². The molecule has 3 aliphatic rings. The van der Waals surface area contributed by atoms with Crippen molar-refractivity contribution >= 4 is 33.9 Å². The number of fused-ring (bicyclic) bond motifs is 4. The fourth-order valence-electron chi connectivity index (χ4n) is 7.86. The highest BCUT2D eigenvalue weighted by Crippen LogP contribution is 2.40. The highest BCUT2D eigenvalue weighted by Gasteiger charge is 2.47. The quantitative estimate of drug-likeness (QED) is 0.247. The number of aryl methyl sites for hydroxylation is 3. The van der Waals surface area contributed by atoms with Crippen LogP contribution >= 0.6 is 0 Å². The zero-order valence-corrected chi connectivity index (χ0v) is 27.5. The minimum atomic E-state index is -0.423. The van der Waals surface area contributed by atoms with Crippen molar-refractivity contribution in [1.29, 1.82) is 0 Å². The van der Waals surface area contributed by atoms with Crippen LogP contribution in [0.5, 0.6) is 5.75 Å². The Labute approximate surface area is 272 Å². The van der Waals surface area contributed by atoms with Crippen LogP contribution in [0.4, 0.5) is 0 Å². The molecular weight excluding hydrogens is 596 g/mol. The second-order valence-electron chi connectivity index (χ2n) is 13.3. The Morgan fingerprint density at radius 1 is 1.06 bits per heavy atom. The smallest absolute Gasteiger partial charge is 0.357 e. The minimum Gasteiger partial charge on any atom is -0.494 e. The highest BCUT2D eigenvalue weighted by atomic mass is 16.5. The summed E-state index contributed by atoms with van der Waals surface area (Å²) >= 11 is 0. The van der Waals surface area contributed by atoms with Gasteiger partial charge in [-0.1, -0.05) is 0 Å². The number of piperidine rings is 1. The lowest BCUT2D eigenvalue weighted by Crippen LogP contribution is -2.41. The lowest BCUT2D eigenvalue weighted by Gasteiger charge is -2.27. The molecule has 4 aromatic heterocycles. The first-order chi connectivity index (χ1) is 22.7. The number of methoxy groups -OCH3 is 1. The van der Waals surface area contributed by atoms with Gasteiger partial charge in [-0.05, 0) is 81.7 Å². The molecule has 12 heteroatoms. The first-order valence-electron chi connectivity index (χ1n) is 16.5. The number of aromatic nitrogens is 6. The number of pyridine rings is 1. The number of carbonyl (C=O) groups is 2.